The number of nitrogens with zero attached hydrogens (tertiary/aromatic N) is 3. The van der Waals surface area contributed by atoms with Crippen LogP contribution in [0.5, 0.6) is 0 Å². The van der Waals surface area contributed by atoms with Crippen molar-refractivity contribution in [3.8, 4) is 0 Å². The lowest BCUT2D eigenvalue weighted by Crippen LogP contribution is -2.55. The molecule has 2 heterocycles. The summed E-state index contributed by atoms with van der Waals surface area (Å²) in [5, 5.41) is 3.54. The van der Waals surface area contributed by atoms with Crippen molar-refractivity contribution in [1.82, 2.24) is 15.1 Å². The lowest BCUT2D eigenvalue weighted by Gasteiger charge is -2.37. The molecule has 0 bridgehead atoms. The van der Waals surface area contributed by atoms with Gasteiger partial charge in [0, 0.05) is 52.3 Å². The predicted molar refractivity (Wildman–Crippen MR) is 123 cm³/mol. The molecule has 0 spiro atoms. The van der Waals surface area contributed by atoms with Gasteiger partial charge in [-0.25, -0.2) is 0 Å². The second-order valence-electron chi connectivity index (χ2n) is 7.26. The third kappa shape index (κ3) is 5.83. The van der Waals surface area contributed by atoms with Crippen LogP contribution in [0.2, 0.25) is 0 Å². The molecule has 2 aliphatic rings. The number of halogens is 1. The lowest BCUT2D eigenvalue weighted by atomic mass is 9.96. The van der Waals surface area contributed by atoms with Gasteiger partial charge in [-0.05, 0) is 24.8 Å². The van der Waals surface area contributed by atoms with Crippen LogP contribution in [0.15, 0.2) is 35.3 Å². The smallest absolute Gasteiger partial charge is 0.251 e. The molecule has 0 aromatic heterocycles. The number of nitrogens with one attached hydrogen (secondary N) is 1. The van der Waals surface area contributed by atoms with Crippen LogP contribution in [0.3, 0.4) is 0 Å². The maximum Gasteiger partial charge on any atom is 0.251 e. The van der Waals surface area contributed by atoms with Crippen LogP contribution in [0.4, 0.5) is 0 Å². The third-order valence-corrected chi connectivity index (χ3v) is 5.58. The molecule has 1 N–H and O–H groups in total. The average molecular weight is 500 g/mol. The minimum atomic E-state index is -0.217. The van der Waals surface area contributed by atoms with E-state index in [0.717, 1.165) is 57.9 Å². The van der Waals surface area contributed by atoms with E-state index in [2.05, 4.69) is 52.5 Å². The third-order valence-electron chi connectivity index (χ3n) is 5.58. The zero-order valence-electron chi connectivity index (χ0n) is 17.0. The SMILES string of the molecule is CCC(CNC(=NC)N1CCN(C(=O)C2CCCO2)CC1)c1ccccc1.I. The molecule has 28 heavy (non-hydrogen) atoms. The quantitative estimate of drug-likeness (QED) is 0.384. The number of benzene rings is 1. The molecule has 1 amide bonds. The van der Waals surface area contributed by atoms with Gasteiger partial charge in [0.1, 0.15) is 6.10 Å². The molecule has 2 saturated heterocycles. The van der Waals surface area contributed by atoms with Gasteiger partial charge in [0.05, 0.1) is 0 Å². The largest absolute Gasteiger partial charge is 0.368 e. The maximum atomic E-state index is 12.5. The van der Waals surface area contributed by atoms with E-state index < -0.39 is 0 Å². The normalized spacial score (nSPS) is 21.2. The van der Waals surface area contributed by atoms with Gasteiger partial charge in [0.15, 0.2) is 5.96 Å². The number of hydrogen-bond acceptors (Lipinski definition) is 3. The van der Waals surface area contributed by atoms with E-state index in [1.54, 1.807) is 0 Å². The molecule has 1 aromatic carbocycles. The lowest BCUT2D eigenvalue weighted by molar-refractivity contribution is -0.142. The standard InChI is InChI=1S/C21H32N4O2.HI/c1-3-17(18-8-5-4-6-9-18)16-23-21(22-2)25-13-11-24(12-14-25)20(26)19-10-7-15-27-19;/h4-6,8-9,17,19H,3,7,10-16H2,1-2H3,(H,22,23);1H. The highest BCUT2D eigenvalue weighted by molar-refractivity contribution is 14.0. The van der Waals surface area contributed by atoms with Gasteiger partial charge in [-0.2, -0.15) is 0 Å². The number of hydrogen-bond donors (Lipinski definition) is 1. The second-order valence-corrected chi connectivity index (χ2v) is 7.26. The Morgan fingerprint density at radius 2 is 1.89 bits per heavy atom. The predicted octanol–water partition coefficient (Wildman–Crippen LogP) is 2.70. The van der Waals surface area contributed by atoms with E-state index >= 15 is 0 Å². The first-order valence-electron chi connectivity index (χ1n) is 10.1. The molecule has 0 saturated carbocycles. The molecule has 6 nitrogen and oxygen atoms in total. The first kappa shape index (κ1) is 22.9. The van der Waals surface area contributed by atoms with Crippen LogP contribution in [0.25, 0.3) is 0 Å². The molecular formula is C21H33IN4O2. The Hall–Kier alpha value is -1.35. The van der Waals surface area contributed by atoms with Crippen LogP contribution >= 0.6 is 24.0 Å². The van der Waals surface area contributed by atoms with Crippen LogP contribution in [0, 0.1) is 0 Å². The number of ether oxygens (including phenoxy) is 1. The molecule has 7 heteroatoms. The number of amides is 1. The minimum Gasteiger partial charge on any atom is -0.368 e. The van der Waals surface area contributed by atoms with E-state index in [0.29, 0.717) is 12.5 Å². The van der Waals surface area contributed by atoms with Crippen molar-refractivity contribution in [1.29, 1.82) is 0 Å². The molecule has 156 valence electrons. The zero-order chi connectivity index (χ0) is 19.1. The first-order chi connectivity index (χ1) is 13.2. The van der Waals surface area contributed by atoms with E-state index in [-0.39, 0.29) is 36.0 Å². The van der Waals surface area contributed by atoms with Crippen LogP contribution in [0.1, 0.15) is 37.7 Å². The van der Waals surface area contributed by atoms with Crippen molar-refractivity contribution < 1.29 is 9.53 Å². The second kappa shape index (κ2) is 11.6. The summed E-state index contributed by atoms with van der Waals surface area (Å²) in [6, 6.07) is 10.6. The number of piperazine rings is 1. The molecule has 2 unspecified atom stereocenters. The van der Waals surface area contributed by atoms with E-state index in [1.807, 2.05) is 11.9 Å². The molecule has 2 aliphatic heterocycles. The number of guanidine groups is 1. The Morgan fingerprint density at radius 3 is 2.46 bits per heavy atom. The highest BCUT2D eigenvalue weighted by Crippen LogP contribution is 2.19. The maximum absolute atomic E-state index is 12.5. The van der Waals surface area contributed by atoms with Gasteiger partial charge in [0.25, 0.3) is 5.91 Å². The Morgan fingerprint density at radius 1 is 1.21 bits per heavy atom. The summed E-state index contributed by atoms with van der Waals surface area (Å²) in [5.74, 6) is 1.55. The van der Waals surface area contributed by atoms with Gasteiger partial charge >= 0.3 is 0 Å². The molecule has 0 aliphatic carbocycles. The topological polar surface area (TPSA) is 57.2 Å². The fourth-order valence-electron chi connectivity index (χ4n) is 3.88. The van der Waals surface area contributed by atoms with E-state index in [4.69, 9.17) is 4.74 Å². The molecule has 2 fully saturated rings. The zero-order valence-corrected chi connectivity index (χ0v) is 19.3. The summed E-state index contributed by atoms with van der Waals surface area (Å²) in [6.07, 6.45) is 2.72. The summed E-state index contributed by atoms with van der Waals surface area (Å²) in [7, 11) is 1.83. The van der Waals surface area contributed by atoms with Crippen molar-refractivity contribution >= 4 is 35.8 Å². The van der Waals surface area contributed by atoms with Gasteiger partial charge in [-0.1, -0.05) is 37.3 Å². The fraction of sp³-hybridized carbons (Fsp3) is 0.619. The number of aliphatic imine (C=N–C) groups is 1. The molecule has 2 atom stereocenters. The Kier molecular flexibility index (Phi) is 9.50. The Balaban J connectivity index is 0.00000280. The highest BCUT2D eigenvalue weighted by Gasteiger charge is 2.30. The molecular weight excluding hydrogens is 467 g/mol. The van der Waals surface area contributed by atoms with Crippen molar-refractivity contribution in [2.45, 2.75) is 38.2 Å². The average Bonchev–Trinajstić information content (AvgIpc) is 3.27. The highest BCUT2D eigenvalue weighted by atomic mass is 127. The van der Waals surface area contributed by atoms with E-state index in [1.165, 1.54) is 5.56 Å². The van der Waals surface area contributed by atoms with E-state index in [9.17, 15) is 4.79 Å². The Labute approximate surface area is 185 Å². The monoisotopic (exact) mass is 500 g/mol. The summed E-state index contributed by atoms with van der Waals surface area (Å²) in [5.41, 5.74) is 1.36. The van der Waals surface area contributed by atoms with Gasteiger partial charge in [0.2, 0.25) is 0 Å². The van der Waals surface area contributed by atoms with Gasteiger partial charge in [-0.3, -0.25) is 9.79 Å². The van der Waals surface area contributed by atoms with Crippen molar-refractivity contribution in [3.63, 3.8) is 0 Å². The summed E-state index contributed by atoms with van der Waals surface area (Å²) >= 11 is 0. The number of carbonyl (C=O) groups is 1. The minimum absolute atomic E-state index is 0. The summed E-state index contributed by atoms with van der Waals surface area (Å²) < 4.78 is 5.54. The van der Waals surface area contributed by atoms with Crippen LogP contribution < -0.4 is 5.32 Å². The molecule has 3 rings (SSSR count). The van der Waals surface area contributed by atoms with Crippen molar-refractivity contribution in [2.75, 3.05) is 46.4 Å². The van der Waals surface area contributed by atoms with Crippen molar-refractivity contribution in [3.05, 3.63) is 35.9 Å². The van der Waals surface area contributed by atoms with Crippen LogP contribution in [-0.2, 0) is 9.53 Å². The van der Waals surface area contributed by atoms with Gasteiger partial charge < -0.3 is 19.9 Å². The molecule has 1 aromatic rings. The number of carbonyl (C=O) groups excluding carboxylic acids is 1. The number of rotatable bonds is 5. The van der Waals surface area contributed by atoms with Crippen LogP contribution in [-0.4, -0.2) is 74.1 Å². The summed E-state index contributed by atoms with van der Waals surface area (Å²) in [6.45, 7) is 6.87. The fourth-order valence-corrected chi connectivity index (χ4v) is 3.88. The first-order valence-corrected chi connectivity index (χ1v) is 10.1. The summed E-state index contributed by atoms with van der Waals surface area (Å²) in [4.78, 5) is 21.1. The molecule has 0 radical (unpaired) electrons. The van der Waals surface area contributed by atoms with Gasteiger partial charge in [-0.15, -0.1) is 24.0 Å². The Bertz CT molecular complexity index is 627. The van der Waals surface area contributed by atoms with Crippen molar-refractivity contribution in [2.24, 2.45) is 4.99 Å².